The molecule has 2 heterocycles. The van der Waals surface area contributed by atoms with Gasteiger partial charge in [-0.05, 0) is 31.1 Å². The molecule has 0 aliphatic carbocycles. The summed E-state index contributed by atoms with van der Waals surface area (Å²) >= 11 is 0. The van der Waals surface area contributed by atoms with Gasteiger partial charge in [-0.3, -0.25) is 0 Å². The minimum Gasteiger partial charge on any atom is -0.480 e. The minimum atomic E-state index is -0.873. The maximum absolute atomic E-state index is 12.4. The molecule has 2 atom stereocenters. The van der Waals surface area contributed by atoms with Crippen molar-refractivity contribution in [3.63, 3.8) is 0 Å². The number of rotatable bonds is 2. The molecule has 0 aromatic rings. The van der Waals surface area contributed by atoms with E-state index in [9.17, 15) is 14.7 Å². The quantitative estimate of drug-likeness (QED) is 0.833. The normalized spacial score (nSPS) is 28.7. The number of hydrogen-bond acceptors (Lipinski definition) is 2. The zero-order valence-corrected chi connectivity index (χ0v) is 11.8. The van der Waals surface area contributed by atoms with Crippen LogP contribution in [0.4, 0.5) is 4.79 Å². The Labute approximate surface area is 114 Å². The number of carboxylic acid groups (broad SMARTS) is 1. The number of carbonyl (C=O) groups excluding carboxylic acids is 1. The van der Waals surface area contributed by atoms with E-state index >= 15 is 0 Å². The number of amides is 2. The van der Waals surface area contributed by atoms with Crippen molar-refractivity contribution in [1.82, 2.24) is 9.80 Å². The van der Waals surface area contributed by atoms with Crippen LogP contribution in [0.1, 0.15) is 39.5 Å². The summed E-state index contributed by atoms with van der Waals surface area (Å²) in [6.45, 7) is 6.22. The van der Waals surface area contributed by atoms with Gasteiger partial charge in [-0.2, -0.15) is 0 Å². The van der Waals surface area contributed by atoms with Crippen LogP contribution in [0.5, 0.6) is 0 Å². The van der Waals surface area contributed by atoms with Gasteiger partial charge in [-0.15, -0.1) is 0 Å². The van der Waals surface area contributed by atoms with Crippen LogP contribution in [0.3, 0.4) is 0 Å². The minimum absolute atomic E-state index is 0.0506. The van der Waals surface area contributed by atoms with E-state index in [0.717, 1.165) is 38.3 Å². The lowest BCUT2D eigenvalue weighted by molar-refractivity contribution is -0.142. The molecule has 2 aliphatic heterocycles. The molecule has 108 valence electrons. The predicted octanol–water partition coefficient (Wildman–Crippen LogP) is 2.02. The van der Waals surface area contributed by atoms with Crippen molar-refractivity contribution in [1.29, 1.82) is 0 Å². The highest BCUT2D eigenvalue weighted by atomic mass is 16.4. The molecule has 2 rings (SSSR count). The lowest BCUT2D eigenvalue weighted by Gasteiger charge is -2.35. The zero-order valence-electron chi connectivity index (χ0n) is 11.8. The maximum Gasteiger partial charge on any atom is 0.326 e. The Hall–Kier alpha value is -1.26. The van der Waals surface area contributed by atoms with Gasteiger partial charge in [0.1, 0.15) is 6.04 Å². The summed E-state index contributed by atoms with van der Waals surface area (Å²) < 4.78 is 0. The van der Waals surface area contributed by atoms with Gasteiger partial charge in [0.15, 0.2) is 0 Å². The molecule has 0 saturated carbocycles. The van der Waals surface area contributed by atoms with Crippen LogP contribution in [-0.4, -0.2) is 52.6 Å². The number of urea groups is 1. The lowest BCUT2D eigenvalue weighted by Crippen LogP contribution is -2.51. The summed E-state index contributed by atoms with van der Waals surface area (Å²) in [6, 6.07) is -0.720. The van der Waals surface area contributed by atoms with Gasteiger partial charge in [-0.1, -0.05) is 20.3 Å². The van der Waals surface area contributed by atoms with Crippen molar-refractivity contribution in [2.24, 2.45) is 11.8 Å². The molecular weight excluding hydrogens is 244 g/mol. The Bertz CT molecular complexity index is 351. The first-order valence-electron chi connectivity index (χ1n) is 7.33. The van der Waals surface area contributed by atoms with E-state index in [1.807, 2.05) is 11.8 Å². The van der Waals surface area contributed by atoms with Crippen molar-refractivity contribution >= 4 is 12.0 Å². The van der Waals surface area contributed by atoms with Gasteiger partial charge in [0.25, 0.3) is 0 Å². The van der Waals surface area contributed by atoms with E-state index in [1.54, 1.807) is 4.90 Å². The number of carbonyl (C=O) groups is 2. The van der Waals surface area contributed by atoms with Gasteiger partial charge < -0.3 is 14.9 Å². The van der Waals surface area contributed by atoms with Crippen molar-refractivity contribution in [3.05, 3.63) is 0 Å². The SMILES string of the molecule is CCC1CCN(C(=O)N2CCC(C)C2C(=O)O)CC1. The van der Waals surface area contributed by atoms with E-state index in [2.05, 4.69) is 6.92 Å². The first-order chi connectivity index (χ1) is 9.04. The van der Waals surface area contributed by atoms with Gasteiger partial charge in [-0.25, -0.2) is 9.59 Å². The largest absolute Gasteiger partial charge is 0.480 e. The summed E-state index contributed by atoms with van der Waals surface area (Å²) in [5, 5.41) is 9.27. The molecule has 2 fully saturated rings. The highest BCUT2D eigenvalue weighted by Gasteiger charge is 2.41. The molecule has 19 heavy (non-hydrogen) atoms. The Morgan fingerprint density at radius 3 is 2.32 bits per heavy atom. The lowest BCUT2D eigenvalue weighted by atomic mass is 9.94. The van der Waals surface area contributed by atoms with Crippen LogP contribution in [0.15, 0.2) is 0 Å². The second kappa shape index (κ2) is 5.80. The topological polar surface area (TPSA) is 60.9 Å². The van der Waals surface area contributed by atoms with Crippen LogP contribution in [-0.2, 0) is 4.79 Å². The summed E-state index contributed by atoms with van der Waals surface area (Å²) in [6.07, 6.45) is 4.04. The molecule has 2 amide bonds. The van der Waals surface area contributed by atoms with Gasteiger partial charge >= 0.3 is 12.0 Å². The van der Waals surface area contributed by atoms with Gasteiger partial charge in [0.2, 0.25) is 0 Å². The molecule has 5 nitrogen and oxygen atoms in total. The molecule has 5 heteroatoms. The average Bonchev–Trinajstić information content (AvgIpc) is 2.80. The molecule has 0 bridgehead atoms. The summed E-state index contributed by atoms with van der Waals surface area (Å²) in [4.78, 5) is 27.1. The van der Waals surface area contributed by atoms with E-state index in [0.29, 0.717) is 6.54 Å². The number of aliphatic carboxylic acids is 1. The Morgan fingerprint density at radius 1 is 1.16 bits per heavy atom. The fourth-order valence-electron chi connectivity index (χ4n) is 3.25. The third kappa shape index (κ3) is 2.85. The van der Waals surface area contributed by atoms with Crippen molar-refractivity contribution in [2.75, 3.05) is 19.6 Å². The second-order valence-corrected chi connectivity index (χ2v) is 5.86. The van der Waals surface area contributed by atoms with Crippen molar-refractivity contribution in [3.8, 4) is 0 Å². The molecule has 2 unspecified atom stereocenters. The third-order valence-corrected chi connectivity index (χ3v) is 4.66. The highest BCUT2D eigenvalue weighted by Crippen LogP contribution is 2.27. The molecule has 0 spiro atoms. The van der Waals surface area contributed by atoms with Crippen LogP contribution in [0.25, 0.3) is 0 Å². The van der Waals surface area contributed by atoms with Crippen LogP contribution in [0, 0.1) is 11.8 Å². The fraction of sp³-hybridized carbons (Fsp3) is 0.857. The summed E-state index contributed by atoms with van der Waals surface area (Å²) in [5.41, 5.74) is 0. The third-order valence-electron chi connectivity index (χ3n) is 4.66. The molecule has 1 N–H and O–H groups in total. The first-order valence-corrected chi connectivity index (χ1v) is 7.33. The molecular formula is C14H24N2O3. The number of hydrogen-bond donors (Lipinski definition) is 1. The molecule has 0 aromatic carbocycles. The average molecular weight is 268 g/mol. The predicted molar refractivity (Wildman–Crippen MR) is 71.9 cm³/mol. The summed E-state index contributed by atoms with van der Waals surface area (Å²) in [7, 11) is 0. The van der Waals surface area contributed by atoms with E-state index in [-0.39, 0.29) is 11.9 Å². The maximum atomic E-state index is 12.4. The molecule has 2 saturated heterocycles. The molecule has 2 aliphatic rings. The van der Waals surface area contributed by atoms with E-state index in [1.165, 1.54) is 6.42 Å². The molecule has 0 aromatic heterocycles. The number of nitrogens with zero attached hydrogens (tertiary/aromatic N) is 2. The van der Waals surface area contributed by atoms with E-state index in [4.69, 9.17) is 0 Å². The fourth-order valence-corrected chi connectivity index (χ4v) is 3.25. The smallest absolute Gasteiger partial charge is 0.326 e. The monoisotopic (exact) mass is 268 g/mol. The number of piperidine rings is 1. The van der Waals surface area contributed by atoms with Crippen LogP contribution in [0.2, 0.25) is 0 Å². The highest BCUT2D eigenvalue weighted by molar-refractivity contribution is 5.83. The summed E-state index contributed by atoms with van der Waals surface area (Å²) in [5.74, 6) is -0.103. The zero-order chi connectivity index (χ0) is 14.0. The van der Waals surface area contributed by atoms with Gasteiger partial charge in [0.05, 0.1) is 0 Å². The van der Waals surface area contributed by atoms with Crippen molar-refractivity contribution in [2.45, 2.75) is 45.6 Å². The standard InChI is InChI=1S/C14H24N2O3/c1-3-11-5-7-15(8-6-11)14(19)16-9-4-10(2)12(16)13(17)18/h10-12H,3-9H2,1-2H3,(H,17,18). The Balaban J connectivity index is 1.98. The molecule has 0 radical (unpaired) electrons. The Kier molecular flexibility index (Phi) is 4.32. The van der Waals surface area contributed by atoms with Gasteiger partial charge in [0, 0.05) is 19.6 Å². The van der Waals surface area contributed by atoms with Crippen molar-refractivity contribution < 1.29 is 14.7 Å². The first kappa shape index (κ1) is 14.2. The second-order valence-electron chi connectivity index (χ2n) is 5.86. The van der Waals surface area contributed by atoms with E-state index < -0.39 is 12.0 Å². The van der Waals surface area contributed by atoms with Crippen LogP contribution >= 0.6 is 0 Å². The van der Waals surface area contributed by atoms with Crippen LogP contribution < -0.4 is 0 Å². The number of likely N-dealkylation sites (tertiary alicyclic amines) is 2. The number of carboxylic acids is 1. The Morgan fingerprint density at radius 2 is 1.79 bits per heavy atom.